The molecule has 2 rings (SSSR count). The van der Waals surface area contributed by atoms with E-state index in [-0.39, 0.29) is 18.5 Å². The molecule has 2 saturated carbocycles. The van der Waals surface area contributed by atoms with Gasteiger partial charge in [0, 0.05) is 12.6 Å². The summed E-state index contributed by atoms with van der Waals surface area (Å²) in [6.07, 6.45) is 9.68. The maximum absolute atomic E-state index is 11.8. The van der Waals surface area contributed by atoms with E-state index in [1.807, 2.05) is 0 Å². The fourth-order valence-electron chi connectivity index (χ4n) is 3.11. The van der Waals surface area contributed by atoms with Crippen LogP contribution < -0.4 is 10.6 Å². The van der Waals surface area contributed by atoms with Gasteiger partial charge >= 0.3 is 12.0 Å². The van der Waals surface area contributed by atoms with Crippen molar-refractivity contribution in [1.82, 2.24) is 10.6 Å². The summed E-state index contributed by atoms with van der Waals surface area (Å²) < 4.78 is 0. The molecule has 1 unspecified atom stereocenters. The summed E-state index contributed by atoms with van der Waals surface area (Å²) in [5.41, 5.74) is 0. The Hall–Kier alpha value is -1.26. The Labute approximate surface area is 120 Å². The molecular weight excluding hydrogens is 256 g/mol. The number of urea groups is 1. The third kappa shape index (κ3) is 5.39. The number of amides is 2. The number of carboxylic acids is 1. The highest BCUT2D eigenvalue weighted by atomic mass is 16.4. The van der Waals surface area contributed by atoms with Gasteiger partial charge in [-0.25, -0.2) is 4.79 Å². The van der Waals surface area contributed by atoms with Gasteiger partial charge in [-0.05, 0) is 31.1 Å². The van der Waals surface area contributed by atoms with Crippen LogP contribution in [0.25, 0.3) is 0 Å². The van der Waals surface area contributed by atoms with E-state index in [0.29, 0.717) is 12.5 Å². The van der Waals surface area contributed by atoms with Gasteiger partial charge in [-0.1, -0.05) is 32.1 Å². The van der Waals surface area contributed by atoms with Crippen molar-refractivity contribution in [3.05, 3.63) is 0 Å². The van der Waals surface area contributed by atoms with Crippen molar-refractivity contribution in [3.8, 4) is 0 Å². The van der Waals surface area contributed by atoms with Crippen molar-refractivity contribution in [2.75, 3.05) is 6.54 Å². The Bertz CT molecular complexity index is 336. The van der Waals surface area contributed by atoms with Crippen LogP contribution in [0.15, 0.2) is 0 Å². The molecule has 2 aliphatic rings. The Kier molecular flexibility index (Phi) is 5.68. The zero-order chi connectivity index (χ0) is 14.4. The molecule has 20 heavy (non-hydrogen) atoms. The fraction of sp³-hybridized carbons (Fsp3) is 0.867. The second kappa shape index (κ2) is 7.50. The van der Waals surface area contributed by atoms with E-state index in [4.69, 9.17) is 5.11 Å². The number of carbonyl (C=O) groups is 2. The van der Waals surface area contributed by atoms with Crippen LogP contribution in [0.1, 0.15) is 57.8 Å². The van der Waals surface area contributed by atoms with E-state index in [9.17, 15) is 9.59 Å². The molecule has 2 aliphatic carbocycles. The minimum absolute atomic E-state index is 0.0285. The Morgan fingerprint density at radius 1 is 1.10 bits per heavy atom. The highest BCUT2D eigenvalue weighted by molar-refractivity contribution is 5.75. The van der Waals surface area contributed by atoms with Gasteiger partial charge < -0.3 is 15.7 Å². The topological polar surface area (TPSA) is 78.4 Å². The van der Waals surface area contributed by atoms with Crippen molar-refractivity contribution in [2.45, 2.75) is 63.8 Å². The van der Waals surface area contributed by atoms with Gasteiger partial charge in [0.2, 0.25) is 0 Å². The molecular formula is C15H26N2O3. The quantitative estimate of drug-likeness (QED) is 0.671. The van der Waals surface area contributed by atoms with Crippen molar-refractivity contribution >= 4 is 12.0 Å². The van der Waals surface area contributed by atoms with Gasteiger partial charge in [0.15, 0.2) is 0 Å². The Morgan fingerprint density at radius 3 is 2.40 bits per heavy atom. The van der Waals surface area contributed by atoms with Crippen LogP contribution in [0.2, 0.25) is 0 Å². The average Bonchev–Trinajstić information content (AvgIpc) is 3.23. The molecule has 3 N–H and O–H groups in total. The van der Waals surface area contributed by atoms with Gasteiger partial charge in [0.25, 0.3) is 0 Å². The van der Waals surface area contributed by atoms with Crippen molar-refractivity contribution in [2.24, 2.45) is 11.8 Å². The molecule has 0 aliphatic heterocycles. The highest BCUT2D eigenvalue weighted by Gasteiger charge is 2.33. The second-order valence-corrected chi connectivity index (χ2v) is 6.23. The summed E-state index contributed by atoms with van der Waals surface area (Å²) in [6.45, 7) is 0.695. The first-order valence-electron chi connectivity index (χ1n) is 7.91. The maximum atomic E-state index is 11.8. The zero-order valence-corrected chi connectivity index (χ0v) is 12.1. The molecule has 1 atom stereocenters. The lowest BCUT2D eigenvalue weighted by atomic mass is 9.87. The van der Waals surface area contributed by atoms with Crippen LogP contribution in [-0.4, -0.2) is 29.7 Å². The van der Waals surface area contributed by atoms with E-state index in [1.165, 1.54) is 32.1 Å². The first-order valence-corrected chi connectivity index (χ1v) is 7.91. The largest absolute Gasteiger partial charge is 0.481 e. The molecule has 5 nitrogen and oxygen atoms in total. The standard InChI is InChI=1S/C15H26N2O3/c18-14(19)10-13(12-6-7-12)17-15(20)16-9-8-11-4-2-1-3-5-11/h11-13H,1-10H2,(H,18,19)(H2,16,17,20). The van der Waals surface area contributed by atoms with Gasteiger partial charge in [0.05, 0.1) is 6.42 Å². The zero-order valence-electron chi connectivity index (χ0n) is 12.1. The van der Waals surface area contributed by atoms with Crippen LogP contribution >= 0.6 is 0 Å². The summed E-state index contributed by atoms with van der Waals surface area (Å²) in [5.74, 6) is 0.266. The smallest absolute Gasteiger partial charge is 0.315 e. The first kappa shape index (κ1) is 15.1. The summed E-state index contributed by atoms with van der Waals surface area (Å²) >= 11 is 0. The molecule has 0 spiro atoms. The predicted octanol–water partition coefficient (Wildman–Crippen LogP) is 2.51. The lowest BCUT2D eigenvalue weighted by Crippen LogP contribution is -2.44. The fourth-order valence-corrected chi connectivity index (χ4v) is 3.11. The number of hydrogen-bond donors (Lipinski definition) is 3. The van der Waals surface area contributed by atoms with E-state index in [0.717, 1.165) is 25.2 Å². The summed E-state index contributed by atoms with van der Waals surface area (Å²) in [4.78, 5) is 22.6. The van der Waals surface area contributed by atoms with E-state index in [2.05, 4.69) is 10.6 Å². The predicted molar refractivity (Wildman–Crippen MR) is 76.5 cm³/mol. The number of hydrogen-bond acceptors (Lipinski definition) is 2. The molecule has 0 radical (unpaired) electrons. The number of carbonyl (C=O) groups excluding carboxylic acids is 1. The molecule has 0 aromatic heterocycles. The van der Waals surface area contributed by atoms with Crippen LogP contribution in [-0.2, 0) is 4.79 Å². The molecule has 0 bridgehead atoms. The second-order valence-electron chi connectivity index (χ2n) is 6.23. The van der Waals surface area contributed by atoms with Crippen LogP contribution in [0, 0.1) is 11.8 Å². The van der Waals surface area contributed by atoms with Crippen LogP contribution in [0.3, 0.4) is 0 Å². The van der Waals surface area contributed by atoms with Gasteiger partial charge in [-0.2, -0.15) is 0 Å². The molecule has 0 heterocycles. The van der Waals surface area contributed by atoms with E-state index < -0.39 is 5.97 Å². The molecule has 0 aromatic carbocycles. The molecule has 5 heteroatoms. The molecule has 0 saturated heterocycles. The minimum Gasteiger partial charge on any atom is -0.481 e. The van der Waals surface area contributed by atoms with Crippen LogP contribution in [0.5, 0.6) is 0 Å². The monoisotopic (exact) mass is 282 g/mol. The van der Waals surface area contributed by atoms with Crippen LogP contribution in [0.4, 0.5) is 4.79 Å². The summed E-state index contributed by atoms with van der Waals surface area (Å²) in [5, 5.41) is 14.5. The molecule has 0 aromatic rings. The third-order valence-corrected chi connectivity index (χ3v) is 4.46. The number of aliphatic carboxylic acids is 1. The van der Waals surface area contributed by atoms with E-state index in [1.54, 1.807) is 0 Å². The lowest BCUT2D eigenvalue weighted by molar-refractivity contribution is -0.137. The normalized spacial score (nSPS) is 21.2. The summed E-state index contributed by atoms with van der Waals surface area (Å²) in [6, 6.07) is -0.416. The van der Waals surface area contributed by atoms with Gasteiger partial charge in [-0.3, -0.25) is 4.79 Å². The van der Waals surface area contributed by atoms with E-state index >= 15 is 0 Å². The average molecular weight is 282 g/mol. The van der Waals surface area contributed by atoms with Gasteiger partial charge in [-0.15, -0.1) is 0 Å². The maximum Gasteiger partial charge on any atom is 0.315 e. The molecule has 2 fully saturated rings. The first-order chi connectivity index (χ1) is 9.65. The number of carboxylic acid groups (broad SMARTS) is 1. The van der Waals surface area contributed by atoms with Crippen molar-refractivity contribution < 1.29 is 14.7 Å². The molecule has 2 amide bonds. The minimum atomic E-state index is -0.843. The number of rotatable bonds is 7. The Balaban J connectivity index is 1.62. The Morgan fingerprint density at radius 2 is 1.80 bits per heavy atom. The number of nitrogens with one attached hydrogen (secondary N) is 2. The third-order valence-electron chi connectivity index (χ3n) is 4.46. The highest BCUT2D eigenvalue weighted by Crippen LogP contribution is 2.34. The van der Waals surface area contributed by atoms with Gasteiger partial charge in [0.1, 0.15) is 0 Å². The summed E-state index contributed by atoms with van der Waals surface area (Å²) in [7, 11) is 0. The molecule has 114 valence electrons. The van der Waals surface area contributed by atoms with Crippen molar-refractivity contribution in [1.29, 1.82) is 0 Å². The lowest BCUT2D eigenvalue weighted by Gasteiger charge is -2.22. The SMILES string of the molecule is O=C(O)CC(NC(=O)NCCC1CCCCC1)C1CC1. The van der Waals surface area contributed by atoms with Crippen molar-refractivity contribution in [3.63, 3.8) is 0 Å².